The summed E-state index contributed by atoms with van der Waals surface area (Å²) in [6, 6.07) is 4.67. The first-order valence-electron chi connectivity index (χ1n) is 7.76. The largest absolute Gasteiger partial charge is 0.480 e. The van der Waals surface area contributed by atoms with Crippen molar-refractivity contribution in [2.24, 2.45) is 0 Å². The lowest BCUT2D eigenvalue weighted by Crippen LogP contribution is -2.38. The van der Waals surface area contributed by atoms with E-state index >= 15 is 0 Å². The summed E-state index contributed by atoms with van der Waals surface area (Å²) in [5.41, 5.74) is 2.99. The van der Waals surface area contributed by atoms with Crippen molar-refractivity contribution >= 4 is 23.5 Å². The molecular formula is C17H18ClN3O3. The second-order valence-corrected chi connectivity index (χ2v) is 6.50. The number of amides is 1. The van der Waals surface area contributed by atoms with E-state index in [1.165, 1.54) is 13.1 Å². The van der Waals surface area contributed by atoms with Gasteiger partial charge in [0.05, 0.1) is 23.1 Å². The average molecular weight is 348 g/mol. The number of carboxylic acids is 1. The molecule has 1 amide bonds. The monoisotopic (exact) mass is 347 g/mol. The third kappa shape index (κ3) is 3.14. The molecule has 24 heavy (non-hydrogen) atoms. The molecule has 0 spiro atoms. The number of aromatic nitrogens is 2. The van der Waals surface area contributed by atoms with Crippen LogP contribution in [0.15, 0.2) is 24.4 Å². The molecule has 1 aromatic heterocycles. The van der Waals surface area contributed by atoms with Crippen LogP contribution in [0.5, 0.6) is 0 Å². The van der Waals surface area contributed by atoms with Crippen molar-refractivity contribution in [3.63, 3.8) is 0 Å². The summed E-state index contributed by atoms with van der Waals surface area (Å²) >= 11 is 6.20. The third-order valence-electron chi connectivity index (χ3n) is 4.13. The number of nitrogens with zero attached hydrogens (tertiary/aromatic N) is 2. The van der Waals surface area contributed by atoms with Crippen molar-refractivity contribution in [1.29, 1.82) is 0 Å². The van der Waals surface area contributed by atoms with Gasteiger partial charge in [-0.25, -0.2) is 4.68 Å². The molecule has 0 unspecified atom stereocenters. The molecule has 2 aromatic rings. The summed E-state index contributed by atoms with van der Waals surface area (Å²) in [5, 5.41) is 16.4. The minimum absolute atomic E-state index is 0.258. The molecule has 1 heterocycles. The molecule has 126 valence electrons. The van der Waals surface area contributed by atoms with Gasteiger partial charge >= 0.3 is 5.97 Å². The predicted octanol–water partition coefficient (Wildman–Crippen LogP) is 2.91. The smallest absolute Gasteiger partial charge is 0.325 e. The molecule has 3 rings (SSSR count). The second kappa shape index (κ2) is 6.28. The standard InChI is InChI=1S/C17H18ClN3O3/c1-9-3-6-12(7-14(9)18)21-15(11-4-5-11)13(8-19-21)16(22)20-10(2)17(23)24/h3,6-8,10-11H,4-5H2,1-2H3,(H,20,22)(H,23,24)/t10-/m1/s1. The Kier molecular flexibility index (Phi) is 4.32. The summed E-state index contributed by atoms with van der Waals surface area (Å²) in [7, 11) is 0. The number of benzene rings is 1. The maximum atomic E-state index is 12.4. The van der Waals surface area contributed by atoms with Gasteiger partial charge in [-0.3, -0.25) is 9.59 Å². The van der Waals surface area contributed by atoms with E-state index in [1.807, 2.05) is 25.1 Å². The minimum atomic E-state index is -1.07. The Bertz CT molecular complexity index is 811. The predicted molar refractivity (Wildman–Crippen MR) is 89.9 cm³/mol. The lowest BCUT2D eigenvalue weighted by molar-refractivity contribution is -0.138. The van der Waals surface area contributed by atoms with Crippen LogP contribution >= 0.6 is 11.6 Å². The molecule has 7 heteroatoms. The first-order valence-corrected chi connectivity index (χ1v) is 8.14. The quantitative estimate of drug-likeness (QED) is 0.871. The van der Waals surface area contributed by atoms with Crippen LogP contribution in [0.25, 0.3) is 5.69 Å². The number of aryl methyl sites for hydroxylation is 1. The number of hydrogen-bond donors (Lipinski definition) is 2. The zero-order valence-corrected chi connectivity index (χ0v) is 14.2. The lowest BCUT2D eigenvalue weighted by atomic mass is 10.1. The first kappa shape index (κ1) is 16.5. The number of carboxylic acid groups (broad SMARTS) is 1. The zero-order valence-electron chi connectivity index (χ0n) is 13.4. The number of rotatable bonds is 5. The lowest BCUT2D eigenvalue weighted by Gasteiger charge is -2.12. The number of hydrogen-bond acceptors (Lipinski definition) is 3. The van der Waals surface area contributed by atoms with Gasteiger partial charge in [0.15, 0.2) is 0 Å². The zero-order chi connectivity index (χ0) is 17.4. The van der Waals surface area contributed by atoms with Crippen molar-refractivity contribution in [3.05, 3.63) is 46.2 Å². The summed E-state index contributed by atoms with van der Waals surface area (Å²) in [4.78, 5) is 23.4. The van der Waals surface area contributed by atoms with Crippen LogP contribution in [0, 0.1) is 6.92 Å². The normalized spacial score (nSPS) is 15.1. The Morgan fingerprint density at radius 1 is 1.42 bits per heavy atom. The maximum Gasteiger partial charge on any atom is 0.325 e. The number of aliphatic carboxylic acids is 1. The van der Waals surface area contributed by atoms with Gasteiger partial charge in [0.1, 0.15) is 6.04 Å². The maximum absolute atomic E-state index is 12.4. The number of nitrogens with one attached hydrogen (secondary N) is 1. The van der Waals surface area contributed by atoms with E-state index in [-0.39, 0.29) is 5.92 Å². The molecule has 1 atom stereocenters. The van der Waals surface area contributed by atoms with Gasteiger partial charge in [-0.15, -0.1) is 0 Å². The van der Waals surface area contributed by atoms with Gasteiger partial charge in [-0.2, -0.15) is 5.10 Å². The minimum Gasteiger partial charge on any atom is -0.480 e. The molecule has 1 saturated carbocycles. The van der Waals surface area contributed by atoms with Gasteiger partial charge < -0.3 is 10.4 Å². The van der Waals surface area contributed by atoms with E-state index in [4.69, 9.17) is 16.7 Å². The van der Waals surface area contributed by atoms with Crippen LogP contribution in [-0.4, -0.2) is 32.8 Å². The fourth-order valence-electron chi connectivity index (χ4n) is 2.54. The molecule has 0 radical (unpaired) electrons. The van der Waals surface area contributed by atoms with Gasteiger partial charge in [0, 0.05) is 10.9 Å². The van der Waals surface area contributed by atoms with Crippen LogP contribution in [0.4, 0.5) is 0 Å². The molecule has 6 nitrogen and oxygen atoms in total. The molecule has 0 bridgehead atoms. The highest BCUT2D eigenvalue weighted by molar-refractivity contribution is 6.31. The van der Waals surface area contributed by atoms with Crippen molar-refractivity contribution in [2.45, 2.75) is 38.6 Å². The summed E-state index contributed by atoms with van der Waals surface area (Å²) in [6.07, 6.45) is 3.46. The second-order valence-electron chi connectivity index (χ2n) is 6.10. The van der Waals surface area contributed by atoms with Crippen LogP contribution in [0.1, 0.15) is 47.3 Å². The molecule has 0 aliphatic heterocycles. The molecule has 1 aliphatic rings. The highest BCUT2D eigenvalue weighted by atomic mass is 35.5. The number of halogens is 1. The van der Waals surface area contributed by atoms with E-state index in [0.717, 1.165) is 29.8 Å². The van der Waals surface area contributed by atoms with Crippen LogP contribution in [-0.2, 0) is 4.79 Å². The molecular weight excluding hydrogens is 330 g/mol. The fraction of sp³-hybridized carbons (Fsp3) is 0.353. The highest BCUT2D eigenvalue weighted by Gasteiger charge is 2.33. The van der Waals surface area contributed by atoms with E-state index in [9.17, 15) is 9.59 Å². The molecule has 1 aromatic carbocycles. The Labute approximate surface area is 144 Å². The molecule has 2 N–H and O–H groups in total. The van der Waals surface area contributed by atoms with Crippen LogP contribution < -0.4 is 5.32 Å². The number of carbonyl (C=O) groups excluding carboxylic acids is 1. The van der Waals surface area contributed by atoms with Crippen molar-refractivity contribution in [3.8, 4) is 5.69 Å². The van der Waals surface area contributed by atoms with Crippen molar-refractivity contribution < 1.29 is 14.7 Å². The summed E-state index contributed by atoms with van der Waals surface area (Å²) in [5.74, 6) is -1.24. The SMILES string of the molecule is Cc1ccc(-n2ncc(C(=O)N[C@H](C)C(=O)O)c2C2CC2)cc1Cl. The molecule has 1 aliphatic carbocycles. The third-order valence-corrected chi connectivity index (χ3v) is 4.54. The Balaban J connectivity index is 1.98. The van der Waals surface area contributed by atoms with Gasteiger partial charge in [0.25, 0.3) is 5.91 Å². The van der Waals surface area contributed by atoms with Crippen LogP contribution in [0.3, 0.4) is 0 Å². The van der Waals surface area contributed by atoms with E-state index in [0.29, 0.717) is 10.6 Å². The van der Waals surface area contributed by atoms with E-state index in [1.54, 1.807) is 4.68 Å². The van der Waals surface area contributed by atoms with E-state index in [2.05, 4.69) is 10.4 Å². The highest BCUT2D eigenvalue weighted by Crippen LogP contribution is 2.42. The Hall–Kier alpha value is -2.34. The summed E-state index contributed by atoms with van der Waals surface area (Å²) < 4.78 is 1.73. The first-order chi connectivity index (χ1) is 11.4. The Morgan fingerprint density at radius 3 is 2.71 bits per heavy atom. The van der Waals surface area contributed by atoms with Gasteiger partial charge in [-0.05, 0) is 44.4 Å². The molecule has 0 saturated heterocycles. The number of carbonyl (C=O) groups is 2. The summed E-state index contributed by atoms with van der Waals surface area (Å²) in [6.45, 7) is 3.35. The van der Waals surface area contributed by atoms with Crippen molar-refractivity contribution in [1.82, 2.24) is 15.1 Å². The Morgan fingerprint density at radius 2 is 2.12 bits per heavy atom. The average Bonchev–Trinajstić information content (AvgIpc) is 3.28. The van der Waals surface area contributed by atoms with E-state index < -0.39 is 17.9 Å². The fourth-order valence-corrected chi connectivity index (χ4v) is 2.71. The van der Waals surface area contributed by atoms with Crippen LogP contribution in [0.2, 0.25) is 5.02 Å². The van der Waals surface area contributed by atoms with Gasteiger partial charge in [-0.1, -0.05) is 17.7 Å². The van der Waals surface area contributed by atoms with Crippen molar-refractivity contribution in [2.75, 3.05) is 0 Å². The molecule has 1 fully saturated rings. The topological polar surface area (TPSA) is 84.2 Å². The van der Waals surface area contributed by atoms with Gasteiger partial charge in [0.2, 0.25) is 0 Å².